The van der Waals surface area contributed by atoms with E-state index in [1.807, 2.05) is 13.8 Å². The molecule has 0 aliphatic heterocycles. The molecule has 0 aromatic heterocycles. The number of methoxy groups -OCH3 is 1. The molecule has 1 aromatic rings. The number of benzene rings is 1. The molecule has 0 unspecified atom stereocenters. The Labute approximate surface area is 133 Å². The van der Waals surface area contributed by atoms with Crippen LogP contribution in [0.3, 0.4) is 0 Å². The van der Waals surface area contributed by atoms with E-state index in [1.54, 1.807) is 32.2 Å². The highest BCUT2D eigenvalue weighted by atomic mass is 35.5. The molecule has 122 valence electrons. The second-order valence-electron chi connectivity index (χ2n) is 4.93. The molecule has 0 atom stereocenters. The number of sulfonamides is 1. The summed E-state index contributed by atoms with van der Waals surface area (Å²) in [5.74, 6) is 0.637. The maximum atomic E-state index is 12.5. The molecule has 21 heavy (non-hydrogen) atoms. The van der Waals surface area contributed by atoms with Crippen molar-refractivity contribution in [2.75, 3.05) is 13.7 Å². The molecule has 0 radical (unpaired) electrons. The van der Waals surface area contributed by atoms with Gasteiger partial charge in [0.25, 0.3) is 0 Å². The van der Waals surface area contributed by atoms with E-state index in [4.69, 9.17) is 10.5 Å². The molecule has 0 fully saturated rings. The zero-order valence-electron chi connectivity index (χ0n) is 13.0. The first-order valence-electron chi connectivity index (χ1n) is 6.73. The molecule has 1 aromatic carbocycles. The van der Waals surface area contributed by atoms with Crippen molar-refractivity contribution in [3.05, 3.63) is 23.8 Å². The van der Waals surface area contributed by atoms with Gasteiger partial charge in [-0.15, -0.1) is 12.4 Å². The molecule has 3 N–H and O–H groups in total. The summed E-state index contributed by atoms with van der Waals surface area (Å²) >= 11 is 0. The lowest BCUT2D eigenvalue weighted by atomic mass is 9.95. The fourth-order valence-corrected chi connectivity index (χ4v) is 3.90. The summed E-state index contributed by atoms with van der Waals surface area (Å²) in [7, 11) is -2.05. The van der Waals surface area contributed by atoms with E-state index in [9.17, 15) is 8.42 Å². The molecule has 0 saturated carbocycles. The van der Waals surface area contributed by atoms with E-state index in [0.717, 1.165) is 0 Å². The summed E-state index contributed by atoms with van der Waals surface area (Å²) in [5, 5.41) is 0. The Kier molecular flexibility index (Phi) is 7.67. The van der Waals surface area contributed by atoms with E-state index < -0.39 is 15.6 Å². The average Bonchev–Trinajstić information content (AvgIpc) is 2.44. The lowest BCUT2D eigenvalue weighted by molar-refractivity contribution is 0.363. The van der Waals surface area contributed by atoms with Gasteiger partial charge in [-0.05, 0) is 43.5 Å². The normalized spacial score (nSPS) is 11.9. The first-order valence-corrected chi connectivity index (χ1v) is 8.21. The largest absolute Gasteiger partial charge is 0.497 e. The van der Waals surface area contributed by atoms with Crippen LogP contribution in [0, 0.1) is 6.92 Å². The minimum absolute atomic E-state index is 0. The maximum Gasteiger partial charge on any atom is 0.241 e. The predicted molar refractivity (Wildman–Crippen MR) is 87.7 cm³/mol. The van der Waals surface area contributed by atoms with Gasteiger partial charge in [0, 0.05) is 12.1 Å². The molecule has 0 saturated heterocycles. The van der Waals surface area contributed by atoms with Gasteiger partial charge in [-0.1, -0.05) is 13.8 Å². The van der Waals surface area contributed by atoms with Gasteiger partial charge in [0.05, 0.1) is 12.0 Å². The topological polar surface area (TPSA) is 81.4 Å². The third-order valence-electron chi connectivity index (χ3n) is 3.77. The SMILES string of the molecule is CCC(CC)(CN)NS(=O)(=O)c1ccc(OC)cc1C.Cl. The van der Waals surface area contributed by atoms with Crippen LogP contribution in [0.5, 0.6) is 5.75 Å². The van der Waals surface area contributed by atoms with Crippen molar-refractivity contribution in [2.45, 2.75) is 44.0 Å². The average molecular weight is 337 g/mol. The van der Waals surface area contributed by atoms with Gasteiger partial charge in [0.1, 0.15) is 5.75 Å². The van der Waals surface area contributed by atoms with Crippen LogP contribution in [0.4, 0.5) is 0 Å². The van der Waals surface area contributed by atoms with Crippen LogP contribution in [0.2, 0.25) is 0 Å². The second-order valence-corrected chi connectivity index (χ2v) is 6.58. The molecule has 0 bridgehead atoms. The summed E-state index contributed by atoms with van der Waals surface area (Å²) in [6, 6.07) is 4.91. The van der Waals surface area contributed by atoms with Gasteiger partial charge in [-0.2, -0.15) is 0 Å². The Morgan fingerprint density at radius 1 is 1.29 bits per heavy atom. The minimum Gasteiger partial charge on any atom is -0.497 e. The highest BCUT2D eigenvalue weighted by Crippen LogP contribution is 2.24. The zero-order valence-corrected chi connectivity index (χ0v) is 14.6. The Balaban J connectivity index is 0.00000400. The molecular formula is C14H25ClN2O3S. The number of nitrogens with one attached hydrogen (secondary N) is 1. The molecule has 0 amide bonds. The summed E-state index contributed by atoms with van der Waals surface area (Å²) in [5.41, 5.74) is 5.81. The van der Waals surface area contributed by atoms with E-state index in [2.05, 4.69) is 4.72 Å². The van der Waals surface area contributed by atoms with Crippen molar-refractivity contribution in [1.29, 1.82) is 0 Å². The number of aryl methyl sites for hydroxylation is 1. The van der Waals surface area contributed by atoms with Gasteiger partial charge < -0.3 is 10.5 Å². The van der Waals surface area contributed by atoms with Gasteiger partial charge >= 0.3 is 0 Å². The summed E-state index contributed by atoms with van der Waals surface area (Å²) in [4.78, 5) is 0.262. The van der Waals surface area contributed by atoms with E-state index in [0.29, 0.717) is 24.2 Å². The third-order valence-corrected chi connectivity index (χ3v) is 5.51. The predicted octanol–water partition coefficient (Wildman–Crippen LogP) is 2.22. The number of hydrogen-bond acceptors (Lipinski definition) is 4. The maximum absolute atomic E-state index is 12.5. The van der Waals surface area contributed by atoms with E-state index >= 15 is 0 Å². The first kappa shape index (κ1) is 20.2. The first-order chi connectivity index (χ1) is 9.34. The van der Waals surface area contributed by atoms with Gasteiger partial charge in [0.15, 0.2) is 0 Å². The van der Waals surface area contributed by atoms with Crippen LogP contribution in [0.15, 0.2) is 23.1 Å². The van der Waals surface area contributed by atoms with Crippen molar-refractivity contribution in [2.24, 2.45) is 5.73 Å². The third kappa shape index (κ3) is 4.57. The van der Waals surface area contributed by atoms with Gasteiger partial charge in [-0.25, -0.2) is 13.1 Å². The Morgan fingerprint density at radius 2 is 1.86 bits per heavy atom. The molecule has 0 aliphatic carbocycles. The monoisotopic (exact) mass is 336 g/mol. The summed E-state index contributed by atoms with van der Waals surface area (Å²) in [6.45, 7) is 5.88. The number of halogens is 1. The Bertz CT molecular complexity index is 549. The molecule has 0 heterocycles. The van der Waals surface area contributed by atoms with Crippen molar-refractivity contribution in [1.82, 2.24) is 4.72 Å². The van der Waals surface area contributed by atoms with Crippen molar-refractivity contribution >= 4 is 22.4 Å². The Hall–Kier alpha value is -0.820. The molecule has 0 spiro atoms. The van der Waals surface area contributed by atoms with Crippen LogP contribution in [-0.4, -0.2) is 27.6 Å². The van der Waals surface area contributed by atoms with Crippen molar-refractivity contribution < 1.29 is 13.2 Å². The minimum atomic E-state index is -3.60. The van der Waals surface area contributed by atoms with Gasteiger partial charge in [-0.3, -0.25) is 0 Å². The van der Waals surface area contributed by atoms with Crippen LogP contribution < -0.4 is 15.2 Å². The number of ether oxygens (including phenoxy) is 1. The fraction of sp³-hybridized carbons (Fsp3) is 0.571. The quantitative estimate of drug-likeness (QED) is 0.800. The smallest absolute Gasteiger partial charge is 0.241 e. The Morgan fingerprint density at radius 3 is 2.24 bits per heavy atom. The van der Waals surface area contributed by atoms with E-state index in [-0.39, 0.29) is 23.8 Å². The fourth-order valence-electron chi connectivity index (χ4n) is 2.12. The molecular weight excluding hydrogens is 312 g/mol. The number of rotatable bonds is 7. The van der Waals surface area contributed by atoms with Crippen LogP contribution in [0.25, 0.3) is 0 Å². The highest BCUT2D eigenvalue weighted by molar-refractivity contribution is 7.89. The van der Waals surface area contributed by atoms with Crippen LogP contribution >= 0.6 is 12.4 Å². The summed E-state index contributed by atoms with van der Waals surface area (Å²) < 4.78 is 32.9. The second kappa shape index (κ2) is 7.98. The molecule has 1 rings (SSSR count). The number of hydrogen-bond donors (Lipinski definition) is 2. The molecule has 0 aliphatic rings. The van der Waals surface area contributed by atoms with Crippen molar-refractivity contribution in [3.63, 3.8) is 0 Å². The zero-order chi connectivity index (χ0) is 15.4. The van der Waals surface area contributed by atoms with E-state index in [1.165, 1.54) is 0 Å². The van der Waals surface area contributed by atoms with Crippen LogP contribution in [0.1, 0.15) is 32.3 Å². The highest BCUT2D eigenvalue weighted by Gasteiger charge is 2.31. The molecule has 7 heteroatoms. The van der Waals surface area contributed by atoms with Crippen LogP contribution in [-0.2, 0) is 10.0 Å². The van der Waals surface area contributed by atoms with Crippen molar-refractivity contribution in [3.8, 4) is 5.75 Å². The lowest BCUT2D eigenvalue weighted by Gasteiger charge is -2.31. The lowest BCUT2D eigenvalue weighted by Crippen LogP contribution is -2.52. The van der Waals surface area contributed by atoms with Gasteiger partial charge in [0.2, 0.25) is 10.0 Å². The summed E-state index contributed by atoms with van der Waals surface area (Å²) in [6.07, 6.45) is 1.29. The number of nitrogens with two attached hydrogens (primary N) is 1. The standard InChI is InChI=1S/C14H24N2O3S.ClH/c1-5-14(6-2,10-15)16-20(17,18)13-8-7-12(19-4)9-11(13)3;/h7-9,16H,5-6,10,15H2,1-4H3;1H. The molecule has 5 nitrogen and oxygen atoms in total.